The number of carbonyl (C=O) groups excluding carboxylic acids is 3. The molecular formula is C29H37N3O4S. The van der Waals surface area contributed by atoms with Crippen LogP contribution < -0.4 is 4.90 Å². The van der Waals surface area contributed by atoms with E-state index >= 15 is 0 Å². The molecule has 1 aromatic rings. The van der Waals surface area contributed by atoms with E-state index in [1.165, 1.54) is 0 Å². The minimum absolute atomic E-state index is 0.00300. The normalized spacial score (nSPS) is 30.9. The second kappa shape index (κ2) is 11.0. The van der Waals surface area contributed by atoms with E-state index in [0.717, 1.165) is 31.4 Å². The topological polar surface area (TPSA) is 81.2 Å². The van der Waals surface area contributed by atoms with Gasteiger partial charge in [-0.05, 0) is 37.8 Å². The van der Waals surface area contributed by atoms with Crippen LogP contribution in [-0.4, -0.2) is 81.5 Å². The largest absolute Gasteiger partial charge is 0.396 e. The summed E-state index contributed by atoms with van der Waals surface area (Å²) in [5, 5.41) is 9.07. The van der Waals surface area contributed by atoms with Crippen LogP contribution in [0.15, 0.2) is 54.6 Å². The molecule has 8 heteroatoms. The molecule has 0 aliphatic carbocycles. The van der Waals surface area contributed by atoms with Crippen molar-refractivity contribution in [1.82, 2.24) is 9.80 Å². The Balaban J connectivity index is 1.53. The number of anilines is 1. The van der Waals surface area contributed by atoms with Crippen LogP contribution in [0.25, 0.3) is 0 Å². The minimum Gasteiger partial charge on any atom is -0.396 e. The van der Waals surface area contributed by atoms with Crippen molar-refractivity contribution in [2.45, 2.75) is 55.1 Å². The molecule has 1 spiro atoms. The van der Waals surface area contributed by atoms with E-state index in [9.17, 15) is 19.5 Å². The number of aliphatic hydroxyl groups excluding tert-OH is 1. The quantitative estimate of drug-likeness (QED) is 0.397. The molecule has 4 aliphatic rings. The van der Waals surface area contributed by atoms with E-state index < -0.39 is 22.6 Å². The fourth-order valence-corrected chi connectivity index (χ4v) is 8.39. The lowest BCUT2D eigenvalue weighted by Gasteiger charge is -2.35. The second-order valence-corrected chi connectivity index (χ2v) is 11.9. The van der Waals surface area contributed by atoms with Gasteiger partial charge in [0.05, 0.1) is 16.6 Å². The number of aliphatic hydroxyl groups is 1. The monoisotopic (exact) mass is 523 g/mol. The number of benzene rings is 1. The molecule has 1 unspecified atom stereocenters. The maximum absolute atomic E-state index is 14.2. The Kier molecular flexibility index (Phi) is 7.77. The summed E-state index contributed by atoms with van der Waals surface area (Å²) in [6, 6.07) is 9.01. The third kappa shape index (κ3) is 4.52. The molecule has 4 aliphatic heterocycles. The first-order chi connectivity index (χ1) is 18.0. The number of hydrogen-bond acceptors (Lipinski definition) is 5. The van der Waals surface area contributed by atoms with Crippen molar-refractivity contribution in [3.8, 4) is 0 Å². The fraction of sp³-hybridized carbons (Fsp3) is 0.552. The molecule has 4 heterocycles. The molecule has 0 radical (unpaired) electrons. The number of hydrogen-bond donors (Lipinski definition) is 1. The summed E-state index contributed by atoms with van der Waals surface area (Å²) in [5.74, 6) is -1.24. The average Bonchev–Trinajstić information content (AvgIpc) is 3.22. The summed E-state index contributed by atoms with van der Waals surface area (Å²) in [5.41, 5.74) is 0.824. The highest BCUT2D eigenvalue weighted by molar-refractivity contribution is 8.02. The molecule has 2 fully saturated rings. The van der Waals surface area contributed by atoms with Crippen LogP contribution in [-0.2, 0) is 14.4 Å². The Morgan fingerprint density at radius 2 is 1.76 bits per heavy atom. The van der Waals surface area contributed by atoms with Crippen LogP contribution >= 0.6 is 11.8 Å². The number of carbonyl (C=O) groups is 3. The van der Waals surface area contributed by atoms with Crippen LogP contribution in [0.3, 0.4) is 0 Å². The third-order valence-corrected chi connectivity index (χ3v) is 9.89. The molecule has 0 aromatic heterocycles. The van der Waals surface area contributed by atoms with Gasteiger partial charge in [0, 0.05) is 43.7 Å². The number of unbranched alkanes of at least 4 members (excludes halogenated alkanes) is 3. The third-order valence-electron chi connectivity index (χ3n) is 8.15. The molecule has 2 saturated heterocycles. The average molecular weight is 524 g/mol. The number of amides is 3. The highest BCUT2D eigenvalue weighted by Crippen LogP contribution is 2.61. The van der Waals surface area contributed by atoms with Crippen molar-refractivity contribution in [2.24, 2.45) is 11.8 Å². The van der Waals surface area contributed by atoms with Crippen molar-refractivity contribution < 1.29 is 19.5 Å². The Hall–Kier alpha value is -2.58. The number of rotatable bonds is 9. The van der Waals surface area contributed by atoms with Crippen LogP contribution in [0.4, 0.5) is 5.69 Å². The fourth-order valence-electron chi connectivity index (χ4n) is 6.38. The summed E-state index contributed by atoms with van der Waals surface area (Å²) in [6.07, 6.45) is 12.3. The Labute approximate surface area is 223 Å². The molecule has 7 nitrogen and oxygen atoms in total. The maximum Gasteiger partial charge on any atom is 0.247 e. The smallest absolute Gasteiger partial charge is 0.247 e. The molecular weight excluding hydrogens is 486 g/mol. The first-order valence-electron chi connectivity index (χ1n) is 13.6. The van der Waals surface area contributed by atoms with Gasteiger partial charge in [-0.1, -0.05) is 55.8 Å². The van der Waals surface area contributed by atoms with Crippen LogP contribution in [0.5, 0.6) is 0 Å². The van der Waals surface area contributed by atoms with Gasteiger partial charge >= 0.3 is 0 Å². The van der Waals surface area contributed by atoms with Gasteiger partial charge in [-0.2, -0.15) is 0 Å². The van der Waals surface area contributed by atoms with E-state index in [1.807, 2.05) is 47.4 Å². The molecule has 3 amide bonds. The molecule has 198 valence electrons. The Morgan fingerprint density at radius 1 is 0.946 bits per heavy atom. The molecule has 1 N–H and O–H groups in total. The predicted molar refractivity (Wildman–Crippen MR) is 146 cm³/mol. The van der Waals surface area contributed by atoms with E-state index in [1.54, 1.807) is 21.6 Å². The highest BCUT2D eigenvalue weighted by atomic mass is 32.2. The van der Waals surface area contributed by atoms with Gasteiger partial charge in [0.15, 0.2) is 0 Å². The van der Waals surface area contributed by atoms with Gasteiger partial charge in [-0.15, -0.1) is 11.8 Å². The van der Waals surface area contributed by atoms with E-state index in [2.05, 4.69) is 19.1 Å². The van der Waals surface area contributed by atoms with E-state index in [4.69, 9.17) is 0 Å². The van der Waals surface area contributed by atoms with Gasteiger partial charge in [-0.25, -0.2) is 0 Å². The Morgan fingerprint density at radius 3 is 2.51 bits per heavy atom. The number of nitrogens with zero attached hydrogens (tertiary/aromatic N) is 3. The lowest BCUT2D eigenvalue weighted by atomic mass is 9.78. The summed E-state index contributed by atoms with van der Waals surface area (Å²) < 4.78 is -0.763. The molecule has 37 heavy (non-hydrogen) atoms. The predicted octanol–water partition coefficient (Wildman–Crippen LogP) is 3.25. The van der Waals surface area contributed by atoms with E-state index in [-0.39, 0.29) is 29.6 Å². The molecule has 1 aromatic carbocycles. The number of fused-ring (bicyclic) bond motifs is 2. The first kappa shape index (κ1) is 26.0. The molecule has 5 atom stereocenters. The van der Waals surface area contributed by atoms with Gasteiger partial charge in [-0.3, -0.25) is 14.4 Å². The summed E-state index contributed by atoms with van der Waals surface area (Å²) in [4.78, 5) is 47.9. The SMILES string of the molecule is CCCCN1CC=C[C@]23S[C@H]4C=CCN(c5ccccc5)C(=O)[C@H]4[C@H]2C(=O)N(CCCCCO)C3C1=O. The van der Waals surface area contributed by atoms with E-state index in [0.29, 0.717) is 32.6 Å². The van der Waals surface area contributed by atoms with Gasteiger partial charge < -0.3 is 19.8 Å². The number of likely N-dealkylation sites (tertiary alicyclic amines) is 1. The van der Waals surface area contributed by atoms with Crippen LogP contribution in [0.1, 0.15) is 39.0 Å². The van der Waals surface area contributed by atoms with Crippen molar-refractivity contribution in [3.05, 3.63) is 54.6 Å². The van der Waals surface area contributed by atoms with Crippen LogP contribution in [0, 0.1) is 11.8 Å². The van der Waals surface area contributed by atoms with Crippen molar-refractivity contribution in [3.63, 3.8) is 0 Å². The molecule has 5 rings (SSSR count). The molecule has 0 bridgehead atoms. The van der Waals surface area contributed by atoms with Gasteiger partial charge in [0.1, 0.15) is 6.04 Å². The minimum atomic E-state index is -0.763. The summed E-state index contributed by atoms with van der Waals surface area (Å²) >= 11 is 1.63. The summed E-state index contributed by atoms with van der Waals surface area (Å²) in [6.45, 7) is 4.37. The Bertz CT molecular complexity index is 1080. The van der Waals surface area contributed by atoms with Crippen molar-refractivity contribution in [1.29, 1.82) is 0 Å². The van der Waals surface area contributed by atoms with Crippen LogP contribution in [0.2, 0.25) is 0 Å². The lowest BCUT2D eigenvalue weighted by molar-refractivity contribution is -0.142. The maximum atomic E-state index is 14.2. The highest BCUT2D eigenvalue weighted by Gasteiger charge is 2.70. The zero-order chi connectivity index (χ0) is 26.0. The van der Waals surface area contributed by atoms with Gasteiger partial charge in [0.2, 0.25) is 17.7 Å². The standard InChI is InChI=1S/C29H37N3O4S/c1-2-3-16-30-17-11-15-29-24(27(35)32(25(29)28(30)36)18-8-5-9-20-33)23-22(37-29)14-10-19-31(26(23)34)21-12-6-4-7-13-21/h4,6-7,10-15,22-25,33H,2-3,5,8-9,16-20H2,1H3/t22-,23+,24-,25?,29-/m0/s1. The molecule has 0 saturated carbocycles. The number of para-hydroxylation sites is 1. The zero-order valence-electron chi connectivity index (χ0n) is 21.5. The lowest BCUT2D eigenvalue weighted by Crippen LogP contribution is -2.53. The van der Waals surface area contributed by atoms with Crippen molar-refractivity contribution >= 4 is 35.2 Å². The number of thioether (sulfide) groups is 1. The second-order valence-electron chi connectivity index (χ2n) is 10.4. The zero-order valence-corrected chi connectivity index (χ0v) is 22.3. The first-order valence-corrected chi connectivity index (χ1v) is 14.5. The van der Waals surface area contributed by atoms with Crippen molar-refractivity contribution in [2.75, 3.05) is 37.7 Å². The van der Waals surface area contributed by atoms with Gasteiger partial charge in [0.25, 0.3) is 0 Å². The summed E-state index contributed by atoms with van der Waals surface area (Å²) in [7, 11) is 0.